The Hall–Kier alpha value is -2.71. The predicted molar refractivity (Wildman–Crippen MR) is 111 cm³/mol. The van der Waals surface area contributed by atoms with Gasteiger partial charge in [-0.2, -0.15) is 4.98 Å². The van der Waals surface area contributed by atoms with Crippen molar-refractivity contribution in [2.75, 3.05) is 18.0 Å². The van der Waals surface area contributed by atoms with Crippen LogP contribution in [0.15, 0.2) is 62.9 Å². The number of nitrogens with zero attached hydrogens (tertiary/aromatic N) is 2. The lowest BCUT2D eigenvalue weighted by Gasteiger charge is -2.35. The van der Waals surface area contributed by atoms with Gasteiger partial charge in [0.15, 0.2) is 0 Å². The van der Waals surface area contributed by atoms with Crippen LogP contribution in [0.25, 0.3) is 11.5 Å². The highest BCUT2D eigenvalue weighted by Crippen LogP contribution is 2.36. The van der Waals surface area contributed by atoms with Crippen LogP contribution in [0, 0.1) is 12.7 Å². The average Bonchev–Trinajstić information content (AvgIpc) is 3.14. The summed E-state index contributed by atoms with van der Waals surface area (Å²) < 4.78 is 52.9. The van der Waals surface area contributed by atoms with E-state index in [-0.39, 0.29) is 39.5 Å². The van der Waals surface area contributed by atoms with E-state index in [2.05, 4.69) is 4.98 Å². The fourth-order valence-electron chi connectivity index (χ4n) is 3.60. The Labute approximate surface area is 175 Å². The Morgan fingerprint density at radius 1 is 1.03 bits per heavy atom. The molecule has 0 amide bonds. The lowest BCUT2D eigenvalue weighted by Crippen LogP contribution is -2.45. The molecular weight excluding hydrogens is 407 g/mol. The van der Waals surface area contributed by atoms with Gasteiger partial charge in [-0.05, 0) is 45.0 Å². The van der Waals surface area contributed by atoms with Gasteiger partial charge in [0.1, 0.15) is 5.82 Å². The number of hydrogen-bond donors (Lipinski definition) is 0. The fourth-order valence-corrected chi connectivity index (χ4v) is 4.92. The summed E-state index contributed by atoms with van der Waals surface area (Å²) in [6.45, 7) is 6.57. The molecule has 158 valence electrons. The summed E-state index contributed by atoms with van der Waals surface area (Å²) in [5.41, 5.74) is 1.05. The highest BCUT2D eigenvalue weighted by Gasteiger charge is 2.34. The molecule has 0 radical (unpaired) electrons. The van der Waals surface area contributed by atoms with Crippen LogP contribution in [0.3, 0.4) is 0 Å². The Balaban J connectivity index is 1.87. The smallest absolute Gasteiger partial charge is 0.236 e. The molecule has 1 aromatic heterocycles. The number of aromatic nitrogens is 1. The quantitative estimate of drug-likeness (QED) is 0.617. The number of oxazole rings is 1. The molecule has 1 saturated heterocycles. The summed E-state index contributed by atoms with van der Waals surface area (Å²) in [5.74, 6) is -0.496. The second-order valence-electron chi connectivity index (χ2n) is 7.59. The number of ether oxygens (including phenoxy) is 1. The molecule has 4 rings (SSSR count). The topological polar surface area (TPSA) is 72.6 Å². The molecular formula is C22H23FN2O4S. The summed E-state index contributed by atoms with van der Waals surface area (Å²) in [4.78, 5) is 6.17. The predicted octanol–water partition coefficient (Wildman–Crippen LogP) is 4.24. The van der Waals surface area contributed by atoms with Crippen molar-refractivity contribution in [3.05, 3.63) is 59.9 Å². The van der Waals surface area contributed by atoms with Gasteiger partial charge in [0.25, 0.3) is 0 Å². The first-order valence-corrected chi connectivity index (χ1v) is 11.2. The molecule has 2 aromatic carbocycles. The summed E-state index contributed by atoms with van der Waals surface area (Å²) in [5, 5.41) is -0.217. The van der Waals surface area contributed by atoms with Crippen LogP contribution in [0.2, 0.25) is 0 Å². The van der Waals surface area contributed by atoms with E-state index < -0.39 is 15.7 Å². The van der Waals surface area contributed by atoms with E-state index in [1.165, 1.54) is 24.3 Å². The van der Waals surface area contributed by atoms with E-state index in [1.807, 2.05) is 20.8 Å². The first-order chi connectivity index (χ1) is 14.3. The van der Waals surface area contributed by atoms with Crippen LogP contribution < -0.4 is 4.90 Å². The van der Waals surface area contributed by atoms with Crippen molar-refractivity contribution in [2.45, 2.75) is 42.9 Å². The maximum atomic E-state index is 14.4. The average molecular weight is 431 g/mol. The molecule has 0 unspecified atom stereocenters. The molecule has 1 fully saturated rings. The lowest BCUT2D eigenvalue weighted by molar-refractivity contribution is -0.00657. The molecule has 8 heteroatoms. The molecule has 0 spiro atoms. The summed E-state index contributed by atoms with van der Waals surface area (Å²) in [6.07, 6.45) is -0.239. The molecule has 0 saturated carbocycles. The summed E-state index contributed by atoms with van der Waals surface area (Å²) in [7, 11) is -3.98. The van der Waals surface area contributed by atoms with Gasteiger partial charge in [0, 0.05) is 13.1 Å². The molecule has 2 atom stereocenters. The standard InChI is InChI=1S/C22H23FN2O4S/c1-14-8-10-17(11-9-14)30(26,27)21-22(25-12-15(2)28-16(3)13-25)29-20(24-21)18-6-4-5-7-19(18)23/h4-11,15-16H,12-13H2,1-3H3/t15-,16-/m1/s1. The second-order valence-corrected chi connectivity index (χ2v) is 9.45. The number of rotatable bonds is 4. The molecule has 6 nitrogen and oxygen atoms in total. The molecule has 1 aliphatic rings. The number of aryl methyl sites for hydroxylation is 1. The number of benzene rings is 2. The number of sulfone groups is 1. The Bertz CT molecular complexity index is 1150. The van der Waals surface area contributed by atoms with Crippen LogP contribution in [-0.4, -0.2) is 38.7 Å². The van der Waals surface area contributed by atoms with E-state index in [9.17, 15) is 12.8 Å². The van der Waals surface area contributed by atoms with Crippen molar-refractivity contribution in [3.63, 3.8) is 0 Å². The number of halogens is 1. The van der Waals surface area contributed by atoms with Crippen molar-refractivity contribution in [2.24, 2.45) is 0 Å². The SMILES string of the molecule is Cc1ccc(S(=O)(=O)c2nc(-c3ccccc3F)oc2N2C[C@@H](C)O[C@H](C)C2)cc1. The number of anilines is 1. The van der Waals surface area contributed by atoms with Gasteiger partial charge in [0.05, 0.1) is 22.7 Å². The van der Waals surface area contributed by atoms with Gasteiger partial charge in [-0.15, -0.1) is 0 Å². The molecule has 30 heavy (non-hydrogen) atoms. The Kier molecular flexibility index (Phi) is 5.38. The number of hydrogen-bond acceptors (Lipinski definition) is 6. The van der Waals surface area contributed by atoms with Crippen molar-refractivity contribution in [1.29, 1.82) is 0 Å². The van der Waals surface area contributed by atoms with Crippen molar-refractivity contribution >= 4 is 15.7 Å². The molecule has 2 heterocycles. The minimum atomic E-state index is -3.98. The van der Waals surface area contributed by atoms with Gasteiger partial charge in [-0.25, -0.2) is 12.8 Å². The van der Waals surface area contributed by atoms with Gasteiger partial charge >= 0.3 is 0 Å². The van der Waals surface area contributed by atoms with Crippen LogP contribution in [-0.2, 0) is 14.6 Å². The van der Waals surface area contributed by atoms with Crippen LogP contribution in [0.4, 0.5) is 10.3 Å². The van der Waals surface area contributed by atoms with E-state index in [4.69, 9.17) is 9.15 Å². The molecule has 0 bridgehead atoms. The minimum absolute atomic E-state index is 0.0689. The third-order valence-electron chi connectivity index (χ3n) is 4.98. The second kappa shape index (κ2) is 7.85. The number of morpholine rings is 1. The lowest BCUT2D eigenvalue weighted by atomic mass is 10.2. The van der Waals surface area contributed by atoms with Crippen LogP contribution >= 0.6 is 0 Å². The van der Waals surface area contributed by atoms with Gasteiger partial charge in [-0.3, -0.25) is 0 Å². The van der Waals surface area contributed by atoms with Crippen molar-refractivity contribution < 1.29 is 22.0 Å². The zero-order valence-electron chi connectivity index (χ0n) is 17.0. The Morgan fingerprint density at radius 3 is 2.30 bits per heavy atom. The summed E-state index contributed by atoms with van der Waals surface area (Å²) in [6, 6.07) is 12.5. The fraction of sp³-hybridized carbons (Fsp3) is 0.318. The summed E-state index contributed by atoms with van der Waals surface area (Å²) >= 11 is 0. The minimum Gasteiger partial charge on any atom is -0.419 e. The highest BCUT2D eigenvalue weighted by molar-refractivity contribution is 7.91. The maximum Gasteiger partial charge on any atom is 0.236 e. The van der Waals surface area contributed by atoms with E-state index in [1.54, 1.807) is 29.2 Å². The van der Waals surface area contributed by atoms with Crippen molar-refractivity contribution in [1.82, 2.24) is 4.98 Å². The normalized spacial score (nSPS) is 19.8. The first-order valence-electron chi connectivity index (χ1n) is 9.73. The largest absolute Gasteiger partial charge is 0.419 e. The van der Waals surface area contributed by atoms with Gasteiger partial charge in [0.2, 0.25) is 26.6 Å². The first kappa shape index (κ1) is 20.6. The van der Waals surface area contributed by atoms with Gasteiger partial charge < -0.3 is 14.1 Å². The van der Waals surface area contributed by atoms with Gasteiger partial charge in [-0.1, -0.05) is 29.8 Å². The highest BCUT2D eigenvalue weighted by atomic mass is 32.2. The maximum absolute atomic E-state index is 14.4. The molecule has 0 N–H and O–H groups in total. The van der Waals surface area contributed by atoms with Crippen LogP contribution in [0.1, 0.15) is 19.4 Å². The third-order valence-corrected chi connectivity index (χ3v) is 6.64. The van der Waals surface area contributed by atoms with E-state index in [0.717, 1.165) is 5.56 Å². The monoisotopic (exact) mass is 430 g/mol. The molecule has 3 aromatic rings. The van der Waals surface area contributed by atoms with Crippen molar-refractivity contribution in [3.8, 4) is 11.5 Å². The molecule has 1 aliphatic heterocycles. The Morgan fingerprint density at radius 2 is 1.67 bits per heavy atom. The molecule has 0 aliphatic carbocycles. The van der Waals surface area contributed by atoms with E-state index in [0.29, 0.717) is 13.1 Å². The third kappa shape index (κ3) is 3.85. The van der Waals surface area contributed by atoms with Crippen LogP contribution in [0.5, 0.6) is 0 Å². The van der Waals surface area contributed by atoms with E-state index >= 15 is 0 Å². The zero-order valence-corrected chi connectivity index (χ0v) is 17.8. The zero-order chi connectivity index (χ0) is 21.5.